The maximum atomic E-state index is 11.4. The lowest BCUT2D eigenvalue weighted by Gasteiger charge is -2.03. The second-order valence-corrected chi connectivity index (χ2v) is 3.20. The van der Waals surface area contributed by atoms with Crippen molar-refractivity contribution in [3.63, 3.8) is 0 Å². The van der Waals surface area contributed by atoms with Crippen molar-refractivity contribution >= 4 is 0 Å². The van der Waals surface area contributed by atoms with Crippen LogP contribution in [0.2, 0.25) is 0 Å². The third kappa shape index (κ3) is 2.22. The highest BCUT2D eigenvalue weighted by Crippen LogP contribution is 2.01. The van der Waals surface area contributed by atoms with Gasteiger partial charge in [0.05, 0.1) is 12.7 Å². The van der Waals surface area contributed by atoms with Crippen LogP contribution in [0, 0.1) is 0 Å². The van der Waals surface area contributed by atoms with Crippen molar-refractivity contribution in [2.75, 3.05) is 0 Å². The molecular formula is C11H10N2O2. The smallest absolute Gasteiger partial charge is 0.270 e. The van der Waals surface area contributed by atoms with Crippen molar-refractivity contribution in [1.82, 2.24) is 9.78 Å². The Morgan fingerprint density at radius 2 is 2.00 bits per heavy atom. The molecule has 0 saturated carbocycles. The molecule has 0 bridgehead atoms. The summed E-state index contributed by atoms with van der Waals surface area (Å²) >= 11 is 0. The largest absolute Gasteiger partial charge is 0.506 e. The summed E-state index contributed by atoms with van der Waals surface area (Å²) < 4.78 is 1.30. The van der Waals surface area contributed by atoms with Crippen LogP contribution in [0.3, 0.4) is 0 Å². The molecule has 0 atom stereocenters. The Bertz CT molecular complexity index is 505. The Hall–Kier alpha value is -2.10. The van der Waals surface area contributed by atoms with Gasteiger partial charge in [0.2, 0.25) is 0 Å². The zero-order valence-electron chi connectivity index (χ0n) is 8.00. The molecular weight excluding hydrogens is 192 g/mol. The molecule has 1 aromatic carbocycles. The summed E-state index contributed by atoms with van der Waals surface area (Å²) in [7, 11) is 0. The minimum absolute atomic E-state index is 0.107. The molecule has 4 nitrogen and oxygen atoms in total. The van der Waals surface area contributed by atoms with E-state index in [0.717, 1.165) is 11.6 Å². The maximum absolute atomic E-state index is 11.4. The quantitative estimate of drug-likeness (QED) is 0.790. The van der Waals surface area contributed by atoms with Crippen LogP contribution in [0.15, 0.2) is 47.4 Å². The van der Waals surface area contributed by atoms with E-state index in [1.165, 1.54) is 10.9 Å². The van der Waals surface area contributed by atoms with E-state index >= 15 is 0 Å². The number of benzene rings is 1. The van der Waals surface area contributed by atoms with Gasteiger partial charge in [0, 0.05) is 6.07 Å². The van der Waals surface area contributed by atoms with Crippen LogP contribution in [0.4, 0.5) is 0 Å². The number of hydrogen-bond donors (Lipinski definition) is 1. The van der Waals surface area contributed by atoms with Crippen molar-refractivity contribution in [3.05, 3.63) is 58.5 Å². The van der Waals surface area contributed by atoms with E-state index in [-0.39, 0.29) is 11.3 Å². The first-order valence-electron chi connectivity index (χ1n) is 4.56. The zero-order chi connectivity index (χ0) is 10.7. The van der Waals surface area contributed by atoms with Gasteiger partial charge in [-0.15, -0.1) is 0 Å². The normalized spacial score (nSPS) is 10.1. The van der Waals surface area contributed by atoms with E-state index < -0.39 is 0 Å². The highest BCUT2D eigenvalue weighted by atomic mass is 16.3. The van der Waals surface area contributed by atoms with Gasteiger partial charge in [-0.25, -0.2) is 4.68 Å². The molecule has 2 rings (SSSR count). The van der Waals surface area contributed by atoms with Crippen molar-refractivity contribution in [3.8, 4) is 5.75 Å². The van der Waals surface area contributed by atoms with Crippen LogP contribution in [0.5, 0.6) is 5.75 Å². The molecule has 0 aliphatic rings. The molecule has 0 radical (unpaired) electrons. The average Bonchev–Trinajstić information content (AvgIpc) is 2.24. The van der Waals surface area contributed by atoms with Gasteiger partial charge in [0.25, 0.3) is 5.56 Å². The van der Waals surface area contributed by atoms with E-state index in [9.17, 15) is 4.79 Å². The third-order valence-corrected chi connectivity index (χ3v) is 2.03. The second kappa shape index (κ2) is 3.96. The van der Waals surface area contributed by atoms with Gasteiger partial charge in [0.1, 0.15) is 5.75 Å². The van der Waals surface area contributed by atoms with Gasteiger partial charge in [-0.2, -0.15) is 5.10 Å². The summed E-state index contributed by atoms with van der Waals surface area (Å²) in [5, 5.41) is 12.9. The van der Waals surface area contributed by atoms with Crippen molar-refractivity contribution in [2.45, 2.75) is 6.54 Å². The van der Waals surface area contributed by atoms with Crippen molar-refractivity contribution < 1.29 is 5.11 Å². The zero-order valence-corrected chi connectivity index (χ0v) is 8.00. The summed E-state index contributed by atoms with van der Waals surface area (Å²) in [6.07, 6.45) is 1.25. The second-order valence-electron chi connectivity index (χ2n) is 3.20. The van der Waals surface area contributed by atoms with Crippen LogP contribution in [-0.2, 0) is 6.54 Å². The molecule has 76 valence electrons. The van der Waals surface area contributed by atoms with Crippen LogP contribution in [0.25, 0.3) is 0 Å². The summed E-state index contributed by atoms with van der Waals surface area (Å²) in [6, 6.07) is 10.7. The summed E-state index contributed by atoms with van der Waals surface area (Å²) in [5.74, 6) is -0.107. The molecule has 1 heterocycles. The SMILES string of the molecule is O=c1cc(O)cnn1Cc1ccccc1. The molecule has 0 fully saturated rings. The number of hydrogen-bond acceptors (Lipinski definition) is 3. The van der Waals surface area contributed by atoms with Crippen molar-refractivity contribution in [1.29, 1.82) is 0 Å². The molecule has 0 saturated heterocycles. The van der Waals surface area contributed by atoms with Gasteiger partial charge < -0.3 is 5.11 Å². The number of nitrogens with zero attached hydrogens (tertiary/aromatic N) is 2. The van der Waals surface area contributed by atoms with Crippen LogP contribution >= 0.6 is 0 Å². The molecule has 0 aliphatic carbocycles. The Balaban J connectivity index is 2.29. The number of rotatable bonds is 2. The highest BCUT2D eigenvalue weighted by molar-refractivity contribution is 5.16. The van der Waals surface area contributed by atoms with E-state index in [2.05, 4.69) is 5.10 Å². The number of aromatic nitrogens is 2. The Morgan fingerprint density at radius 3 is 2.67 bits per heavy atom. The molecule has 0 aliphatic heterocycles. The Morgan fingerprint density at radius 1 is 1.27 bits per heavy atom. The van der Waals surface area contributed by atoms with E-state index in [4.69, 9.17) is 5.11 Å². The maximum Gasteiger partial charge on any atom is 0.270 e. The highest BCUT2D eigenvalue weighted by Gasteiger charge is 1.99. The van der Waals surface area contributed by atoms with Gasteiger partial charge in [-0.1, -0.05) is 30.3 Å². The molecule has 0 spiro atoms. The standard InChI is InChI=1S/C11H10N2O2/c14-10-6-11(15)13(12-7-10)8-9-4-2-1-3-5-9/h1-7,14H,8H2. The Labute approximate surface area is 86.4 Å². The van der Waals surface area contributed by atoms with E-state index in [1.54, 1.807) is 0 Å². The molecule has 0 unspecified atom stereocenters. The fraction of sp³-hybridized carbons (Fsp3) is 0.0909. The molecule has 15 heavy (non-hydrogen) atoms. The van der Waals surface area contributed by atoms with Crippen molar-refractivity contribution in [2.24, 2.45) is 0 Å². The molecule has 0 amide bonds. The third-order valence-electron chi connectivity index (χ3n) is 2.03. The van der Waals surface area contributed by atoms with Gasteiger partial charge in [0.15, 0.2) is 0 Å². The van der Waals surface area contributed by atoms with Crippen LogP contribution in [0.1, 0.15) is 5.56 Å². The minimum Gasteiger partial charge on any atom is -0.506 e. The predicted octanol–water partition coefficient (Wildman–Crippen LogP) is 0.997. The minimum atomic E-state index is -0.307. The fourth-order valence-electron chi connectivity index (χ4n) is 1.30. The first-order chi connectivity index (χ1) is 7.25. The number of aromatic hydroxyl groups is 1. The lowest BCUT2D eigenvalue weighted by atomic mass is 10.2. The van der Waals surface area contributed by atoms with Crippen LogP contribution < -0.4 is 5.56 Å². The average molecular weight is 202 g/mol. The molecule has 1 N–H and O–H groups in total. The lowest BCUT2D eigenvalue weighted by molar-refractivity contribution is 0.462. The fourth-order valence-corrected chi connectivity index (χ4v) is 1.30. The summed E-state index contributed by atoms with van der Waals surface area (Å²) in [4.78, 5) is 11.4. The van der Waals surface area contributed by atoms with E-state index in [1.807, 2.05) is 30.3 Å². The van der Waals surface area contributed by atoms with Crippen LogP contribution in [-0.4, -0.2) is 14.9 Å². The summed E-state index contributed by atoms with van der Waals surface area (Å²) in [5.41, 5.74) is 0.691. The first-order valence-corrected chi connectivity index (χ1v) is 4.56. The molecule has 2 aromatic rings. The van der Waals surface area contributed by atoms with E-state index in [0.29, 0.717) is 6.54 Å². The topological polar surface area (TPSA) is 55.1 Å². The predicted molar refractivity (Wildman–Crippen MR) is 55.7 cm³/mol. The molecule has 4 heteroatoms. The lowest BCUT2D eigenvalue weighted by Crippen LogP contribution is -2.21. The molecule has 1 aromatic heterocycles. The summed E-state index contributed by atoms with van der Waals surface area (Å²) in [6.45, 7) is 0.417. The van der Waals surface area contributed by atoms with Gasteiger partial charge in [-0.05, 0) is 5.56 Å². The first kappa shape index (κ1) is 9.45. The Kier molecular flexibility index (Phi) is 2.49. The van der Waals surface area contributed by atoms with Gasteiger partial charge in [-0.3, -0.25) is 4.79 Å². The van der Waals surface area contributed by atoms with Gasteiger partial charge >= 0.3 is 0 Å². The monoisotopic (exact) mass is 202 g/mol.